The molecule has 194 valence electrons. The van der Waals surface area contributed by atoms with Crippen LogP contribution in [0.2, 0.25) is 0 Å². The molecule has 0 bridgehead atoms. The summed E-state index contributed by atoms with van der Waals surface area (Å²) in [4.78, 5) is 26.0. The first-order chi connectivity index (χ1) is 15.4. The molecule has 1 unspecified atom stereocenters. The number of nitrogens with zero attached hydrogens (tertiary/aromatic N) is 1. The summed E-state index contributed by atoms with van der Waals surface area (Å²) < 4.78 is 87.0. The third kappa shape index (κ3) is 5.21. The number of β-lactam (4-membered cyclic amide) rings is 1. The lowest BCUT2D eigenvalue weighted by Gasteiger charge is -2.47. The molecule has 2 fully saturated rings. The van der Waals surface area contributed by atoms with Gasteiger partial charge in [0.05, 0.1) is 12.0 Å². The van der Waals surface area contributed by atoms with E-state index in [0.29, 0.717) is 17.9 Å². The van der Waals surface area contributed by atoms with Gasteiger partial charge >= 0.3 is 21.5 Å². The van der Waals surface area contributed by atoms with Gasteiger partial charge in [-0.2, -0.15) is 21.6 Å². The van der Waals surface area contributed by atoms with Crippen molar-refractivity contribution in [1.29, 1.82) is 0 Å². The molecule has 0 spiro atoms. The van der Waals surface area contributed by atoms with Crippen molar-refractivity contribution >= 4 is 43.9 Å². The smallest absolute Gasteiger partial charge is 0.477 e. The number of fused-ring (bicyclic) bond motifs is 1. The number of rotatable bonds is 9. The van der Waals surface area contributed by atoms with Gasteiger partial charge in [0.2, 0.25) is 5.91 Å². The molecular weight excluding hydrogens is 527 g/mol. The van der Waals surface area contributed by atoms with Crippen LogP contribution in [0, 0.1) is 11.8 Å². The van der Waals surface area contributed by atoms with E-state index < -0.39 is 61.5 Å². The maximum atomic E-state index is 12.7. The fourth-order valence-electron chi connectivity index (χ4n) is 4.51. The lowest BCUT2D eigenvalue weighted by molar-refractivity contribution is -0.158. The number of thioether (sulfide) groups is 1. The summed E-state index contributed by atoms with van der Waals surface area (Å²) in [6.45, 7) is 3.20. The molecule has 1 amide bonds. The number of halogens is 3. The Balaban J connectivity index is 1.74. The second-order valence-corrected chi connectivity index (χ2v) is 12.8. The number of sulfonamides is 1. The molecule has 6 N–H and O–H groups in total. The molecule has 12 nitrogen and oxygen atoms in total. The topological polar surface area (TPSA) is 188 Å². The zero-order chi connectivity index (χ0) is 25.8. The zero-order valence-electron chi connectivity index (χ0n) is 17.9. The van der Waals surface area contributed by atoms with Crippen molar-refractivity contribution in [3.8, 4) is 0 Å². The predicted octanol–water partition coefficient (Wildman–Crippen LogP) is -1.16. The number of carbonyl (C=O) groups is 2. The van der Waals surface area contributed by atoms with Crippen molar-refractivity contribution in [3.63, 3.8) is 0 Å². The number of carbonyl (C=O) groups excluding carboxylic acids is 1. The highest BCUT2D eigenvalue weighted by molar-refractivity contribution is 8.03. The van der Waals surface area contributed by atoms with E-state index >= 15 is 0 Å². The maximum Gasteiger partial charge on any atom is 0.511 e. The Labute approximate surface area is 198 Å². The van der Waals surface area contributed by atoms with E-state index in [1.807, 2.05) is 0 Å². The van der Waals surface area contributed by atoms with Crippen LogP contribution in [0.4, 0.5) is 13.2 Å². The highest BCUT2D eigenvalue weighted by Gasteiger charge is 2.61. The van der Waals surface area contributed by atoms with Gasteiger partial charge in [-0.1, -0.05) is 6.92 Å². The van der Waals surface area contributed by atoms with E-state index in [2.05, 4.69) is 10.0 Å². The summed E-state index contributed by atoms with van der Waals surface area (Å²) in [5.41, 5.74) is -5.83. The van der Waals surface area contributed by atoms with E-state index in [1.54, 1.807) is 6.92 Å². The second kappa shape index (κ2) is 9.21. The van der Waals surface area contributed by atoms with Crippen LogP contribution in [-0.4, -0.2) is 80.7 Å². The lowest BCUT2D eigenvalue weighted by atomic mass is 9.78. The number of nitrogens with two attached hydrogens (primary N) is 1. The van der Waals surface area contributed by atoms with Gasteiger partial charge in [0, 0.05) is 41.2 Å². The molecule has 3 aliphatic rings. The van der Waals surface area contributed by atoms with E-state index in [-0.39, 0.29) is 23.5 Å². The normalized spacial score (nSPS) is 30.9. The van der Waals surface area contributed by atoms with Gasteiger partial charge in [0.25, 0.3) is 10.2 Å². The SMILES string of the molecule is CC(NS(=O)(=O)C(F)(F)F)[C@H]1C(=O)N2C(C(=O)O)=C(S[C@@H]3CN[C@H](CNS(N)(=O)=O)C3)[C@H](C)[C@H]12. The van der Waals surface area contributed by atoms with Crippen LogP contribution in [0.15, 0.2) is 10.6 Å². The monoisotopic (exact) mass is 551 g/mol. The molecule has 34 heavy (non-hydrogen) atoms. The fourth-order valence-corrected chi connectivity index (χ4v) is 7.23. The Bertz CT molecular complexity index is 1110. The molecule has 0 aromatic rings. The third-order valence-electron chi connectivity index (χ3n) is 5.98. The Morgan fingerprint density at radius 2 is 1.97 bits per heavy atom. The van der Waals surface area contributed by atoms with Gasteiger partial charge in [0.15, 0.2) is 0 Å². The number of aliphatic carboxylic acids is 1. The van der Waals surface area contributed by atoms with Crippen LogP contribution in [-0.2, 0) is 29.8 Å². The average Bonchev–Trinajstić information content (AvgIpc) is 3.20. The van der Waals surface area contributed by atoms with Crippen molar-refractivity contribution in [2.75, 3.05) is 13.1 Å². The number of carboxylic acid groups (broad SMARTS) is 1. The summed E-state index contributed by atoms with van der Waals surface area (Å²) in [7, 11) is -9.57. The first-order valence-electron chi connectivity index (χ1n) is 10.0. The third-order valence-corrected chi connectivity index (χ3v) is 9.35. The van der Waals surface area contributed by atoms with E-state index in [1.165, 1.54) is 16.5 Å². The standard InChI is InChI=1S/C16H24F3N5O7S3/c1-6-11-10(7(2)23-33(28,29)16(17,18)19)14(25)24(11)12(15(26)27)13(6)32-9-3-8(21-5-9)4-22-34(20,30)31/h6-11,21-23H,3-5H2,1-2H3,(H,26,27)(H2,20,30,31)/t6-,7?,8+,9+,10-,11-/m1/s1. The number of carboxylic acids is 1. The quantitative estimate of drug-likeness (QED) is 0.220. The average molecular weight is 552 g/mol. The van der Waals surface area contributed by atoms with Crippen molar-refractivity contribution in [2.45, 2.75) is 49.2 Å². The van der Waals surface area contributed by atoms with Gasteiger partial charge in [-0.05, 0) is 13.3 Å². The number of hydrogen-bond donors (Lipinski definition) is 5. The van der Waals surface area contributed by atoms with Crippen LogP contribution in [0.1, 0.15) is 20.3 Å². The molecule has 0 aliphatic carbocycles. The van der Waals surface area contributed by atoms with Crippen molar-refractivity contribution in [1.82, 2.24) is 19.7 Å². The summed E-state index contributed by atoms with van der Waals surface area (Å²) in [5.74, 6) is -3.90. The molecule has 3 rings (SSSR count). The van der Waals surface area contributed by atoms with Gasteiger partial charge in [0.1, 0.15) is 5.70 Å². The molecule has 3 aliphatic heterocycles. The van der Waals surface area contributed by atoms with Crippen LogP contribution >= 0.6 is 11.8 Å². The van der Waals surface area contributed by atoms with Gasteiger partial charge in [-0.3, -0.25) is 4.79 Å². The molecule has 18 heteroatoms. The number of amides is 1. The highest BCUT2D eigenvalue weighted by atomic mass is 32.2. The minimum Gasteiger partial charge on any atom is -0.477 e. The zero-order valence-corrected chi connectivity index (χ0v) is 20.3. The van der Waals surface area contributed by atoms with Crippen molar-refractivity contribution < 1.29 is 44.7 Å². The van der Waals surface area contributed by atoms with Gasteiger partial charge in [-0.25, -0.2) is 27.8 Å². The Morgan fingerprint density at radius 3 is 2.50 bits per heavy atom. The van der Waals surface area contributed by atoms with Gasteiger partial charge < -0.3 is 15.3 Å². The van der Waals surface area contributed by atoms with Crippen LogP contribution in [0.3, 0.4) is 0 Å². The summed E-state index contributed by atoms with van der Waals surface area (Å²) in [5, 5.41) is 17.6. The Morgan fingerprint density at radius 1 is 1.35 bits per heavy atom. The Kier molecular flexibility index (Phi) is 7.36. The number of alkyl halides is 3. The van der Waals surface area contributed by atoms with E-state index in [0.717, 1.165) is 11.8 Å². The summed E-state index contributed by atoms with van der Waals surface area (Å²) in [6, 6.07) is -2.49. The predicted molar refractivity (Wildman–Crippen MR) is 114 cm³/mol. The number of nitrogens with one attached hydrogen (secondary N) is 3. The number of hydrogen-bond acceptors (Lipinski definition) is 8. The lowest BCUT2D eigenvalue weighted by Crippen LogP contribution is -2.66. The molecule has 3 heterocycles. The highest BCUT2D eigenvalue weighted by Crippen LogP contribution is 2.52. The molecule has 0 aromatic carbocycles. The minimum absolute atomic E-state index is 0.0302. The first-order valence-corrected chi connectivity index (χ1v) is 13.9. The van der Waals surface area contributed by atoms with E-state index in [9.17, 15) is 44.7 Å². The first kappa shape index (κ1) is 27.2. The fraction of sp³-hybridized carbons (Fsp3) is 0.750. The van der Waals surface area contributed by atoms with Crippen molar-refractivity contribution in [3.05, 3.63) is 10.6 Å². The molecule has 2 saturated heterocycles. The molecule has 6 atom stereocenters. The Hall–Kier alpha value is -1.44. The second-order valence-electron chi connectivity index (χ2n) is 8.36. The van der Waals surface area contributed by atoms with Crippen LogP contribution < -0.4 is 19.9 Å². The van der Waals surface area contributed by atoms with Crippen LogP contribution in [0.5, 0.6) is 0 Å². The molecule has 0 radical (unpaired) electrons. The van der Waals surface area contributed by atoms with Crippen LogP contribution in [0.25, 0.3) is 0 Å². The molecule has 0 aromatic heterocycles. The van der Waals surface area contributed by atoms with Gasteiger partial charge in [-0.15, -0.1) is 11.8 Å². The molecule has 0 saturated carbocycles. The molecular formula is C16H24F3N5O7S3. The summed E-state index contributed by atoms with van der Waals surface area (Å²) >= 11 is 1.19. The van der Waals surface area contributed by atoms with Crippen molar-refractivity contribution in [2.24, 2.45) is 17.0 Å². The largest absolute Gasteiger partial charge is 0.511 e. The maximum absolute atomic E-state index is 12.7. The van der Waals surface area contributed by atoms with E-state index in [4.69, 9.17) is 5.14 Å². The summed E-state index contributed by atoms with van der Waals surface area (Å²) in [6.07, 6.45) is 0.458. The minimum atomic E-state index is -5.69.